The zero-order valence-electron chi connectivity index (χ0n) is 9.02. The van der Waals surface area contributed by atoms with Crippen LogP contribution in [0.1, 0.15) is 20.8 Å². The highest BCUT2D eigenvalue weighted by Crippen LogP contribution is 2.09. The zero-order chi connectivity index (χ0) is 11.2. The number of nitrogens with one attached hydrogen (secondary N) is 2. The summed E-state index contributed by atoms with van der Waals surface area (Å²) in [6.45, 7) is 7.06. The minimum atomic E-state index is -0.625. The summed E-state index contributed by atoms with van der Waals surface area (Å²) in [5.74, 6) is -1.23. The molecule has 0 saturated carbocycles. The van der Waals surface area contributed by atoms with Crippen LogP contribution in [0.3, 0.4) is 0 Å². The molecule has 2 amide bonds. The van der Waals surface area contributed by atoms with E-state index in [0.29, 0.717) is 19.6 Å². The summed E-state index contributed by atoms with van der Waals surface area (Å²) in [5.41, 5.74) is 5.15. The van der Waals surface area contributed by atoms with E-state index in [2.05, 4.69) is 10.6 Å². The molecule has 5 nitrogen and oxygen atoms in total. The molecule has 0 saturated heterocycles. The highest BCUT2D eigenvalue weighted by Gasteiger charge is 2.16. The van der Waals surface area contributed by atoms with Gasteiger partial charge in [-0.3, -0.25) is 9.59 Å². The first-order valence-electron chi connectivity index (χ1n) is 4.63. The number of hydrogen-bond donors (Lipinski definition) is 3. The van der Waals surface area contributed by atoms with Gasteiger partial charge in [0.05, 0.1) is 0 Å². The SMILES string of the molecule is CC(C)(C)CNC(=O)C(=O)NCCN. The molecular weight excluding hydrogens is 182 g/mol. The Morgan fingerprint density at radius 1 is 1.14 bits per heavy atom. The number of carbonyl (C=O) groups is 2. The van der Waals surface area contributed by atoms with Crippen molar-refractivity contribution in [3.05, 3.63) is 0 Å². The van der Waals surface area contributed by atoms with Gasteiger partial charge in [0.25, 0.3) is 0 Å². The van der Waals surface area contributed by atoms with Crippen LogP contribution < -0.4 is 16.4 Å². The predicted molar refractivity (Wildman–Crippen MR) is 54.5 cm³/mol. The van der Waals surface area contributed by atoms with Gasteiger partial charge in [-0.2, -0.15) is 0 Å². The number of hydrogen-bond acceptors (Lipinski definition) is 3. The van der Waals surface area contributed by atoms with E-state index in [4.69, 9.17) is 5.73 Å². The van der Waals surface area contributed by atoms with Gasteiger partial charge in [0.15, 0.2) is 0 Å². The van der Waals surface area contributed by atoms with E-state index in [1.807, 2.05) is 20.8 Å². The fourth-order valence-corrected chi connectivity index (χ4v) is 0.692. The van der Waals surface area contributed by atoms with Gasteiger partial charge in [0, 0.05) is 19.6 Å². The molecule has 0 aliphatic heterocycles. The fraction of sp³-hybridized carbons (Fsp3) is 0.778. The first-order valence-corrected chi connectivity index (χ1v) is 4.63. The average Bonchev–Trinajstić information content (AvgIpc) is 2.09. The van der Waals surface area contributed by atoms with Crippen molar-refractivity contribution in [3.8, 4) is 0 Å². The minimum Gasteiger partial charge on any atom is -0.347 e. The first kappa shape index (κ1) is 12.9. The molecule has 82 valence electrons. The summed E-state index contributed by atoms with van der Waals surface area (Å²) in [5, 5.41) is 4.93. The molecule has 0 aliphatic carbocycles. The summed E-state index contributed by atoms with van der Waals surface area (Å²) in [6, 6.07) is 0. The van der Waals surface area contributed by atoms with Gasteiger partial charge >= 0.3 is 11.8 Å². The monoisotopic (exact) mass is 201 g/mol. The minimum absolute atomic E-state index is 0.0240. The Labute approximate surface area is 84.4 Å². The maximum absolute atomic E-state index is 11.1. The first-order chi connectivity index (χ1) is 6.37. The Bertz CT molecular complexity index is 209. The smallest absolute Gasteiger partial charge is 0.309 e. The normalized spacial score (nSPS) is 10.9. The van der Waals surface area contributed by atoms with Crippen molar-refractivity contribution in [2.24, 2.45) is 11.1 Å². The molecule has 0 radical (unpaired) electrons. The quantitative estimate of drug-likeness (QED) is 0.524. The van der Waals surface area contributed by atoms with E-state index >= 15 is 0 Å². The second-order valence-corrected chi connectivity index (χ2v) is 4.29. The topological polar surface area (TPSA) is 84.2 Å². The molecule has 0 aromatic carbocycles. The molecule has 0 bridgehead atoms. The Morgan fingerprint density at radius 2 is 1.64 bits per heavy atom. The lowest BCUT2D eigenvalue weighted by Crippen LogP contribution is -2.44. The van der Waals surface area contributed by atoms with Gasteiger partial charge in [-0.15, -0.1) is 0 Å². The molecule has 0 unspecified atom stereocenters. The van der Waals surface area contributed by atoms with Crippen LogP contribution in [0.25, 0.3) is 0 Å². The second kappa shape index (κ2) is 5.59. The molecule has 0 fully saturated rings. The van der Waals surface area contributed by atoms with Gasteiger partial charge in [-0.1, -0.05) is 20.8 Å². The maximum Gasteiger partial charge on any atom is 0.309 e. The molecule has 0 heterocycles. The van der Waals surface area contributed by atoms with E-state index in [-0.39, 0.29) is 5.41 Å². The van der Waals surface area contributed by atoms with Crippen molar-refractivity contribution in [2.45, 2.75) is 20.8 Å². The molecular formula is C9H19N3O2. The fourth-order valence-electron chi connectivity index (χ4n) is 0.692. The molecule has 0 aromatic heterocycles. The standard InChI is InChI=1S/C9H19N3O2/c1-9(2,3)6-12-8(14)7(13)11-5-4-10/h4-6,10H2,1-3H3,(H,11,13)(H,12,14). The van der Waals surface area contributed by atoms with Crippen molar-refractivity contribution in [2.75, 3.05) is 19.6 Å². The van der Waals surface area contributed by atoms with E-state index in [0.717, 1.165) is 0 Å². The second-order valence-electron chi connectivity index (χ2n) is 4.29. The van der Waals surface area contributed by atoms with Crippen LogP contribution >= 0.6 is 0 Å². The van der Waals surface area contributed by atoms with Crippen molar-refractivity contribution in [1.29, 1.82) is 0 Å². The maximum atomic E-state index is 11.1. The highest BCUT2D eigenvalue weighted by atomic mass is 16.2. The Morgan fingerprint density at radius 3 is 2.07 bits per heavy atom. The van der Waals surface area contributed by atoms with Gasteiger partial charge in [0.2, 0.25) is 0 Å². The van der Waals surface area contributed by atoms with Crippen LogP contribution in [0.4, 0.5) is 0 Å². The van der Waals surface area contributed by atoms with Crippen molar-refractivity contribution in [1.82, 2.24) is 10.6 Å². The number of amides is 2. The van der Waals surface area contributed by atoms with Crippen LogP contribution in [-0.2, 0) is 9.59 Å². The molecule has 4 N–H and O–H groups in total. The lowest BCUT2D eigenvalue weighted by atomic mass is 9.97. The Balaban J connectivity index is 3.79. The number of nitrogens with two attached hydrogens (primary N) is 1. The van der Waals surface area contributed by atoms with Crippen molar-refractivity contribution < 1.29 is 9.59 Å². The largest absolute Gasteiger partial charge is 0.347 e. The summed E-state index contributed by atoms with van der Waals surface area (Å²) < 4.78 is 0. The highest BCUT2D eigenvalue weighted by molar-refractivity contribution is 6.35. The van der Waals surface area contributed by atoms with Crippen LogP contribution in [0.15, 0.2) is 0 Å². The third-order valence-electron chi connectivity index (χ3n) is 1.42. The summed E-state index contributed by atoms with van der Waals surface area (Å²) in [7, 11) is 0. The summed E-state index contributed by atoms with van der Waals surface area (Å²) >= 11 is 0. The van der Waals surface area contributed by atoms with Gasteiger partial charge < -0.3 is 16.4 Å². The molecule has 14 heavy (non-hydrogen) atoms. The van der Waals surface area contributed by atoms with E-state index in [1.165, 1.54) is 0 Å². The Kier molecular flexibility index (Phi) is 5.15. The zero-order valence-corrected chi connectivity index (χ0v) is 9.02. The molecule has 0 aromatic rings. The third kappa shape index (κ3) is 6.42. The molecule has 0 spiro atoms. The summed E-state index contributed by atoms with van der Waals surface area (Å²) in [6.07, 6.45) is 0. The van der Waals surface area contributed by atoms with Crippen molar-refractivity contribution >= 4 is 11.8 Å². The Hall–Kier alpha value is -1.10. The molecule has 0 rings (SSSR count). The molecule has 5 heteroatoms. The molecule has 0 atom stereocenters. The lowest BCUT2D eigenvalue weighted by molar-refractivity contribution is -0.139. The van der Waals surface area contributed by atoms with E-state index in [1.54, 1.807) is 0 Å². The molecule has 0 aliphatic rings. The predicted octanol–water partition coefficient (Wildman–Crippen LogP) is -0.776. The number of carbonyl (C=O) groups excluding carboxylic acids is 2. The van der Waals surface area contributed by atoms with Gasteiger partial charge in [-0.05, 0) is 5.41 Å². The lowest BCUT2D eigenvalue weighted by Gasteiger charge is -2.18. The van der Waals surface area contributed by atoms with Gasteiger partial charge in [0.1, 0.15) is 0 Å². The van der Waals surface area contributed by atoms with E-state index < -0.39 is 11.8 Å². The van der Waals surface area contributed by atoms with Crippen LogP contribution in [0, 0.1) is 5.41 Å². The van der Waals surface area contributed by atoms with Crippen LogP contribution in [-0.4, -0.2) is 31.4 Å². The number of rotatable bonds is 3. The van der Waals surface area contributed by atoms with Gasteiger partial charge in [-0.25, -0.2) is 0 Å². The van der Waals surface area contributed by atoms with Crippen LogP contribution in [0.2, 0.25) is 0 Å². The van der Waals surface area contributed by atoms with Crippen molar-refractivity contribution in [3.63, 3.8) is 0 Å². The van der Waals surface area contributed by atoms with Crippen LogP contribution in [0.5, 0.6) is 0 Å². The summed E-state index contributed by atoms with van der Waals surface area (Å²) in [4.78, 5) is 22.2. The average molecular weight is 201 g/mol. The third-order valence-corrected chi connectivity index (χ3v) is 1.42. The van der Waals surface area contributed by atoms with E-state index in [9.17, 15) is 9.59 Å².